The SMILES string of the molecule is NC(=O)C=O.O=P(O)(O)O. The van der Waals surface area contributed by atoms with E-state index in [0.717, 1.165) is 0 Å². The van der Waals surface area contributed by atoms with Crippen molar-refractivity contribution in [1.82, 2.24) is 0 Å². The molecular formula is C2H6NO6P. The first-order chi connectivity index (χ1) is 4.27. The highest BCUT2D eigenvalue weighted by atomic mass is 31.2. The molecule has 0 aliphatic heterocycles. The van der Waals surface area contributed by atoms with Crippen molar-refractivity contribution in [2.75, 3.05) is 0 Å². The third-order valence-corrected chi connectivity index (χ3v) is 0.116. The first-order valence-corrected chi connectivity index (χ1v) is 3.36. The number of hydrogen-bond acceptors (Lipinski definition) is 3. The number of primary amides is 1. The molecule has 0 heterocycles. The number of phosphoric acid groups is 1. The van der Waals surface area contributed by atoms with Gasteiger partial charge in [0.1, 0.15) is 0 Å². The van der Waals surface area contributed by atoms with Crippen molar-refractivity contribution in [3.63, 3.8) is 0 Å². The Hall–Kier alpha value is -0.750. The highest BCUT2D eigenvalue weighted by Gasteiger charge is 2.00. The van der Waals surface area contributed by atoms with Crippen molar-refractivity contribution in [3.05, 3.63) is 0 Å². The Bertz CT molecular complexity index is 151. The molecule has 0 saturated heterocycles. The van der Waals surface area contributed by atoms with Gasteiger partial charge in [-0.3, -0.25) is 9.59 Å². The Morgan fingerprint density at radius 3 is 1.50 bits per heavy atom. The third kappa shape index (κ3) is 181. The zero-order chi connectivity index (χ0) is 8.78. The number of amides is 1. The molecule has 5 N–H and O–H groups in total. The summed E-state index contributed by atoms with van der Waals surface area (Å²) in [6.45, 7) is 0. The highest BCUT2D eigenvalue weighted by molar-refractivity contribution is 7.45. The van der Waals surface area contributed by atoms with Crippen LogP contribution in [0.1, 0.15) is 0 Å². The molecular weight excluding hydrogens is 165 g/mol. The van der Waals surface area contributed by atoms with Crippen LogP contribution in [-0.4, -0.2) is 26.9 Å². The Morgan fingerprint density at radius 2 is 1.50 bits per heavy atom. The Kier molecular flexibility index (Phi) is 6.07. The zero-order valence-electron chi connectivity index (χ0n) is 4.67. The zero-order valence-corrected chi connectivity index (χ0v) is 5.56. The van der Waals surface area contributed by atoms with Crippen molar-refractivity contribution in [2.24, 2.45) is 5.73 Å². The molecule has 0 atom stereocenters. The van der Waals surface area contributed by atoms with Crippen LogP contribution in [0, 0.1) is 0 Å². The minimum absolute atomic E-state index is 0.0556. The van der Waals surface area contributed by atoms with Crippen molar-refractivity contribution in [3.8, 4) is 0 Å². The second kappa shape index (κ2) is 5.07. The third-order valence-electron chi connectivity index (χ3n) is 0.116. The van der Waals surface area contributed by atoms with Gasteiger partial charge in [0.2, 0.25) is 6.29 Å². The van der Waals surface area contributed by atoms with Gasteiger partial charge in [-0.15, -0.1) is 0 Å². The molecule has 0 aromatic heterocycles. The van der Waals surface area contributed by atoms with Gasteiger partial charge in [-0.2, -0.15) is 0 Å². The largest absolute Gasteiger partial charge is 0.466 e. The molecule has 7 nitrogen and oxygen atoms in total. The van der Waals surface area contributed by atoms with Gasteiger partial charge in [-0.1, -0.05) is 0 Å². The number of rotatable bonds is 1. The fourth-order valence-corrected chi connectivity index (χ4v) is 0. The van der Waals surface area contributed by atoms with E-state index >= 15 is 0 Å². The van der Waals surface area contributed by atoms with Gasteiger partial charge < -0.3 is 20.4 Å². The highest BCUT2D eigenvalue weighted by Crippen LogP contribution is 2.25. The number of aldehydes is 1. The van der Waals surface area contributed by atoms with Crippen LogP contribution in [0.5, 0.6) is 0 Å². The summed E-state index contributed by atoms with van der Waals surface area (Å²) in [4.78, 5) is 39.8. The molecule has 0 fully saturated rings. The Labute approximate surface area is 55.7 Å². The summed E-state index contributed by atoms with van der Waals surface area (Å²) in [5.41, 5.74) is 4.28. The molecule has 8 heteroatoms. The van der Waals surface area contributed by atoms with Crippen LogP contribution in [0.3, 0.4) is 0 Å². The first-order valence-electron chi connectivity index (χ1n) is 1.80. The molecule has 0 rings (SSSR count). The van der Waals surface area contributed by atoms with Crippen LogP contribution in [0.2, 0.25) is 0 Å². The summed E-state index contributed by atoms with van der Waals surface area (Å²) < 4.78 is 8.88. The van der Waals surface area contributed by atoms with Crippen LogP contribution in [-0.2, 0) is 14.2 Å². The van der Waals surface area contributed by atoms with Crippen LogP contribution < -0.4 is 5.73 Å². The molecule has 0 bridgehead atoms. The van der Waals surface area contributed by atoms with Crippen molar-refractivity contribution >= 4 is 20.0 Å². The lowest BCUT2D eigenvalue weighted by molar-refractivity contribution is -0.129. The molecule has 0 aliphatic carbocycles. The van der Waals surface area contributed by atoms with E-state index in [1.165, 1.54) is 0 Å². The van der Waals surface area contributed by atoms with Gasteiger partial charge in [0.05, 0.1) is 0 Å². The van der Waals surface area contributed by atoms with Crippen molar-refractivity contribution < 1.29 is 28.8 Å². The monoisotopic (exact) mass is 171 g/mol. The van der Waals surface area contributed by atoms with E-state index in [9.17, 15) is 4.79 Å². The summed E-state index contributed by atoms with van der Waals surface area (Å²) in [5.74, 6) is -0.926. The van der Waals surface area contributed by atoms with Crippen LogP contribution in [0.4, 0.5) is 0 Å². The lowest BCUT2D eigenvalue weighted by Crippen LogP contribution is -2.10. The Morgan fingerprint density at radius 1 is 1.40 bits per heavy atom. The van der Waals surface area contributed by atoms with E-state index in [1.54, 1.807) is 0 Å². The minimum atomic E-state index is -4.64. The Balaban J connectivity index is 0. The summed E-state index contributed by atoms with van der Waals surface area (Å²) in [5, 5.41) is 0. The second-order valence-electron chi connectivity index (χ2n) is 1.03. The van der Waals surface area contributed by atoms with Crippen LogP contribution in [0.25, 0.3) is 0 Å². The van der Waals surface area contributed by atoms with E-state index in [0.29, 0.717) is 0 Å². The van der Waals surface area contributed by atoms with Gasteiger partial charge in [-0.05, 0) is 0 Å². The summed E-state index contributed by atoms with van der Waals surface area (Å²) in [6.07, 6.45) is 0.0556. The smallest absolute Gasteiger partial charge is 0.363 e. The van der Waals surface area contributed by atoms with Crippen LogP contribution in [0.15, 0.2) is 0 Å². The molecule has 0 aliphatic rings. The van der Waals surface area contributed by atoms with Crippen LogP contribution >= 0.6 is 7.82 Å². The van der Waals surface area contributed by atoms with Gasteiger partial charge in [0, 0.05) is 0 Å². The molecule has 60 valence electrons. The summed E-state index contributed by atoms with van der Waals surface area (Å²) >= 11 is 0. The molecule has 0 aromatic carbocycles. The van der Waals surface area contributed by atoms with Gasteiger partial charge in [0.15, 0.2) is 0 Å². The standard InChI is InChI=1S/C2H3NO2.H3O4P/c3-2(5)1-4;1-5(2,3)4/h1H,(H2,3,5);(H3,1,2,3,4). The fourth-order valence-electron chi connectivity index (χ4n) is 0. The quantitative estimate of drug-likeness (QED) is 0.199. The van der Waals surface area contributed by atoms with Gasteiger partial charge >= 0.3 is 7.82 Å². The normalized spacial score (nSPS) is 9.10. The molecule has 1 amide bonds. The van der Waals surface area contributed by atoms with E-state index in [2.05, 4.69) is 5.73 Å². The maximum atomic E-state index is 9.22. The maximum Gasteiger partial charge on any atom is 0.466 e. The number of nitrogens with two attached hydrogens (primary N) is 1. The summed E-state index contributed by atoms with van der Waals surface area (Å²) in [6, 6.07) is 0. The van der Waals surface area contributed by atoms with Crippen molar-refractivity contribution in [2.45, 2.75) is 0 Å². The number of hydrogen-bond donors (Lipinski definition) is 4. The fraction of sp³-hybridized carbons (Fsp3) is 0. The predicted molar refractivity (Wildman–Crippen MR) is 29.5 cm³/mol. The molecule has 0 aromatic rings. The number of carbonyl (C=O) groups is 2. The lowest BCUT2D eigenvalue weighted by Gasteiger charge is -1.82. The minimum Gasteiger partial charge on any atom is -0.363 e. The molecule has 0 unspecified atom stereocenters. The lowest BCUT2D eigenvalue weighted by atomic mass is 10.8. The molecule has 10 heavy (non-hydrogen) atoms. The molecule has 0 radical (unpaired) electrons. The van der Waals surface area contributed by atoms with Gasteiger partial charge in [-0.25, -0.2) is 4.57 Å². The maximum absolute atomic E-state index is 9.22. The van der Waals surface area contributed by atoms with Gasteiger partial charge in [0.25, 0.3) is 5.91 Å². The predicted octanol–water partition coefficient (Wildman–Crippen LogP) is -2.26. The average Bonchev–Trinajstić information content (AvgIpc) is 1.61. The first kappa shape index (κ1) is 12.0. The molecule has 0 spiro atoms. The topological polar surface area (TPSA) is 138 Å². The second-order valence-corrected chi connectivity index (χ2v) is 2.06. The van der Waals surface area contributed by atoms with E-state index in [1.807, 2.05) is 0 Å². The van der Waals surface area contributed by atoms with Crippen molar-refractivity contribution in [1.29, 1.82) is 0 Å². The number of carbonyl (C=O) groups excluding carboxylic acids is 2. The van der Waals surface area contributed by atoms with E-state index < -0.39 is 13.7 Å². The van der Waals surface area contributed by atoms with E-state index in [-0.39, 0.29) is 6.29 Å². The summed E-state index contributed by atoms with van der Waals surface area (Å²) in [7, 11) is -4.64. The average molecular weight is 171 g/mol. The van der Waals surface area contributed by atoms with E-state index in [4.69, 9.17) is 24.0 Å². The molecule has 0 saturated carbocycles.